The smallest absolute Gasteiger partial charge is 0.341 e. The molecule has 2 rings (SSSR count). The van der Waals surface area contributed by atoms with Crippen LogP contribution in [0.4, 0.5) is 5.69 Å². The fourth-order valence-corrected chi connectivity index (χ4v) is 1.72. The number of phenolic OH excluding ortho intramolecular Hbond substituents is 1. The summed E-state index contributed by atoms with van der Waals surface area (Å²) < 4.78 is 6.14. The molecule has 0 bridgehead atoms. The lowest BCUT2D eigenvalue weighted by Gasteiger charge is -2.08. The quantitative estimate of drug-likeness (QED) is 0.772. The Hall–Kier alpha value is -2.97. The molecule has 9 heteroatoms. The van der Waals surface area contributed by atoms with Crippen LogP contribution in [0.2, 0.25) is 0 Å². The van der Waals surface area contributed by atoms with Gasteiger partial charge in [-0.1, -0.05) is 0 Å². The molecule has 0 aliphatic heterocycles. The predicted octanol–water partition coefficient (Wildman–Crippen LogP) is 0.503. The third-order valence-electron chi connectivity index (χ3n) is 2.78. The highest BCUT2D eigenvalue weighted by Crippen LogP contribution is 2.22. The van der Waals surface area contributed by atoms with Crippen molar-refractivity contribution >= 4 is 17.6 Å². The van der Waals surface area contributed by atoms with E-state index in [1.165, 1.54) is 22.9 Å². The first kappa shape index (κ1) is 15.4. The molecule has 116 valence electrons. The van der Waals surface area contributed by atoms with Gasteiger partial charge in [0.25, 0.3) is 0 Å². The van der Waals surface area contributed by atoms with Crippen molar-refractivity contribution in [1.29, 1.82) is 0 Å². The molecular weight excluding hydrogens is 290 g/mol. The molecule has 0 radical (unpaired) electrons. The number of phenols is 1. The van der Waals surface area contributed by atoms with Gasteiger partial charge in [0, 0.05) is 11.8 Å². The highest BCUT2D eigenvalue weighted by Gasteiger charge is 2.14. The molecule has 0 unspecified atom stereocenters. The van der Waals surface area contributed by atoms with Gasteiger partial charge >= 0.3 is 5.97 Å². The van der Waals surface area contributed by atoms with E-state index in [1.807, 2.05) is 0 Å². The molecule has 2 N–H and O–H groups in total. The summed E-state index contributed by atoms with van der Waals surface area (Å²) in [7, 11) is 0. The Morgan fingerprint density at radius 3 is 2.77 bits per heavy atom. The lowest BCUT2D eigenvalue weighted by molar-refractivity contribution is -0.117. The number of hydrogen-bond acceptors (Lipinski definition) is 7. The third kappa shape index (κ3) is 3.57. The maximum Gasteiger partial charge on any atom is 0.341 e. The average Bonchev–Trinajstić information content (AvgIpc) is 2.84. The third-order valence-corrected chi connectivity index (χ3v) is 2.78. The van der Waals surface area contributed by atoms with Crippen molar-refractivity contribution in [3.05, 3.63) is 29.6 Å². The van der Waals surface area contributed by atoms with Crippen LogP contribution in [0, 0.1) is 6.92 Å². The standard InChI is InChI=1S/C13H15N5O4/c1-3-22-13(21)10-5-4-9(6-11(10)19)14-12(20)7-18-8(2)15-16-17-18/h4-6,19H,3,7H2,1-2H3,(H,14,20). The Morgan fingerprint density at radius 2 is 2.18 bits per heavy atom. The zero-order valence-corrected chi connectivity index (χ0v) is 12.1. The largest absolute Gasteiger partial charge is 0.507 e. The SMILES string of the molecule is CCOC(=O)c1ccc(NC(=O)Cn2nnnc2C)cc1O. The summed E-state index contributed by atoms with van der Waals surface area (Å²) in [6.45, 7) is 3.50. The van der Waals surface area contributed by atoms with Crippen molar-refractivity contribution in [1.82, 2.24) is 20.2 Å². The first-order valence-electron chi connectivity index (χ1n) is 6.54. The van der Waals surface area contributed by atoms with Gasteiger partial charge in [-0.25, -0.2) is 9.48 Å². The Bertz CT molecular complexity index is 697. The number of esters is 1. The molecule has 1 aromatic heterocycles. The van der Waals surface area contributed by atoms with Crippen LogP contribution in [0.25, 0.3) is 0 Å². The fraction of sp³-hybridized carbons (Fsp3) is 0.308. The number of hydrogen-bond donors (Lipinski definition) is 2. The number of aromatic hydroxyl groups is 1. The van der Waals surface area contributed by atoms with Crippen molar-refractivity contribution in [3.8, 4) is 5.75 Å². The maximum atomic E-state index is 11.9. The van der Waals surface area contributed by atoms with E-state index >= 15 is 0 Å². The molecule has 0 fully saturated rings. The topological polar surface area (TPSA) is 119 Å². The second kappa shape index (κ2) is 6.66. The van der Waals surface area contributed by atoms with Gasteiger partial charge in [0.1, 0.15) is 23.7 Å². The van der Waals surface area contributed by atoms with Gasteiger partial charge in [-0.05, 0) is 36.4 Å². The van der Waals surface area contributed by atoms with E-state index < -0.39 is 5.97 Å². The summed E-state index contributed by atoms with van der Waals surface area (Å²) in [6, 6.07) is 4.15. The zero-order valence-electron chi connectivity index (χ0n) is 12.1. The summed E-state index contributed by atoms with van der Waals surface area (Å²) in [5.74, 6) is -0.744. The van der Waals surface area contributed by atoms with E-state index in [1.54, 1.807) is 13.8 Å². The Balaban J connectivity index is 2.04. The van der Waals surface area contributed by atoms with Crippen LogP contribution in [0.5, 0.6) is 5.75 Å². The van der Waals surface area contributed by atoms with Crippen molar-refractivity contribution in [2.75, 3.05) is 11.9 Å². The van der Waals surface area contributed by atoms with Crippen molar-refractivity contribution in [3.63, 3.8) is 0 Å². The van der Waals surface area contributed by atoms with E-state index in [9.17, 15) is 14.7 Å². The summed E-state index contributed by atoms with van der Waals surface area (Å²) in [5, 5.41) is 23.2. The average molecular weight is 305 g/mol. The lowest BCUT2D eigenvalue weighted by Crippen LogP contribution is -2.20. The van der Waals surface area contributed by atoms with Crippen LogP contribution in [0.3, 0.4) is 0 Å². The molecule has 0 aliphatic carbocycles. The highest BCUT2D eigenvalue weighted by molar-refractivity contribution is 5.95. The van der Waals surface area contributed by atoms with Gasteiger partial charge in [-0.3, -0.25) is 4.79 Å². The monoisotopic (exact) mass is 305 g/mol. The van der Waals surface area contributed by atoms with Crippen LogP contribution >= 0.6 is 0 Å². The van der Waals surface area contributed by atoms with E-state index in [4.69, 9.17) is 4.74 Å². The van der Waals surface area contributed by atoms with Crippen molar-refractivity contribution in [2.24, 2.45) is 0 Å². The minimum absolute atomic E-state index is 0.0381. The second-order valence-corrected chi connectivity index (χ2v) is 4.38. The van der Waals surface area contributed by atoms with Crippen LogP contribution < -0.4 is 5.32 Å². The van der Waals surface area contributed by atoms with Crippen LogP contribution in [-0.4, -0.2) is 43.8 Å². The maximum absolute atomic E-state index is 11.9. The molecule has 1 aromatic carbocycles. The van der Waals surface area contributed by atoms with E-state index in [0.29, 0.717) is 11.5 Å². The molecule has 0 saturated heterocycles. The minimum Gasteiger partial charge on any atom is -0.507 e. The van der Waals surface area contributed by atoms with Gasteiger partial charge in [0.2, 0.25) is 5.91 Å². The van der Waals surface area contributed by atoms with Crippen molar-refractivity contribution < 1.29 is 19.4 Å². The van der Waals surface area contributed by atoms with Crippen LogP contribution in [0.15, 0.2) is 18.2 Å². The molecule has 2 aromatic rings. The van der Waals surface area contributed by atoms with Gasteiger partial charge in [-0.15, -0.1) is 5.10 Å². The van der Waals surface area contributed by atoms with Crippen LogP contribution in [0.1, 0.15) is 23.1 Å². The molecule has 0 atom stereocenters. The molecule has 9 nitrogen and oxygen atoms in total. The molecule has 1 heterocycles. The Morgan fingerprint density at radius 1 is 1.41 bits per heavy atom. The molecule has 1 amide bonds. The summed E-state index contributed by atoms with van der Waals surface area (Å²) in [6.07, 6.45) is 0. The summed E-state index contributed by atoms with van der Waals surface area (Å²) in [4.78, 5) is 23.4. The number of rotatable bonds is 5. The first-order chi connectivity index (χ1) is 10.5. The van der Waals surface area contributed by atoms with Gasteiger partial charge in [0.05, 0.1) is 6.61 Å². The predicted molar refractivity (Wildman–Crippen MR) is 75.2 cm³/mol. The number of carbonyl (C=O) groups excluding carboxylic acids is 2. The summed E-state index contributed by atoms with van der Waals surface area (Å²) in [5.41, 5.74) is 0.387. The fourth-order valence-electron chi connectivity index (χ4n) is 1.72. The number of tetrazole rings is 1. The number of anilines is 1. The van der Waals surface area contributed by atoms with Gasteiger partial charge < -0.3 is 15.2 Å². The van der Waals surface area contributed by atoms with E-state index in [0.717, 1.165) is 0 Å². The van der Waals surface area contributed by atoms with Gasteiger partial charge in [-0.2, -0.15) is 0 Å². The number of nitrogens with one attached hydrogen (secondary N) is 1. The first-order valence-corrected chi connectivity index (χ1v) is 6.54. The van der Waals surface area contributed by atoms with E-state index in [2.05, 4.69) is 20.8 Å². The van der Waals surface area contributed by atoms with Crippen molar-refractivity contribution in [2.45, 2.75) is 20.4 Å². The molecular formula is C13H15N5O4. The van der Waals surface area contributed by atoms with Crippen LogP contribution in [-0.2, 0) is 16.1 Å². The number of amides is 1. The number of aromatic nitrogens is 4. The lowest BCUT2D eigenvalue weighted by atomic mass is 10.2. The van der Waals surface area contributed by atoms with Gasteiger partial charge in [0.15, 0.2) is 0 Å². The Kier molecular flexibility index (Phi) is 4.66. The number of benzene rings is 1. The molecule has 0 aliphatic rings. The Labute approximate surface area is 125 Å². The second-order valence-electron chi connectivity index (χ2n) is 4.38. The normalized spacial score (nSPS) is 10.3. The number of aryl methyl sites for hydroxylation is 1. The number of nitrogens with zero attached hydrogens (tertiary/aromatic N) is 4. The minimum atomic E-state index is -0.623. The zero-order chi connectivity index (χ0) is 16.1. The molecule has 22 heavy (non-hydrogen) atoms. The molecule has 0 spiro atoms. The number of carbonyl (C=O) groups is 2. The summed E-state index contributed by atoms with van der Waals surface area (Å²) >= 11 is 0. The number of ether oxygens (including phenoxy) is 1. The highest BCUT2D eigenvalue weighted by atomic mass is 16.5. The molecule has 0 saturated carbocycles. The van der Waals surface area contributed by atoms with E-state index in [-0.39, 0.29) is 30.4 Å².